The minimum absolute atomic E-state index is 0. The van der Waals surface area contributed by atoms with Crippen LogP contribution in [-0.2, 0) is 26.5 Å². The molecule has 3 nitrogen and oxygen atoms in total. The molecule has 0 unspecified atom stereocenters. The average Bonchev–Trinajstić information content (AvgIpc) is 3.88. The van der Waals surface area contributed by atoms with Crippen LogP contribution in [0.1, 0.15) is 20.8 Å². The molecular weight excluding hydrogens is 891 g/mol. The molecule has 1 radical (unpaired) electrons. The van der Waals surface area contributed by atoms with E-state index in [2.05, 4.69) is 173 Å². The number of hydrogen-bond acceptors (Lipinski definition) is 3. The van der Waals surface area contributed by atoms with Crippen molar-refractivity contribution >= 4 is 32.5 Å². The van der Waals surface area contributed by atoms with Gasteiger partial charge in [-0.25, -0.2) is 0 Å². The maximum Gasteiger partial charge on any atom is 0.0774 e. The third-order valence-electron chi connectivity index (χ3n) is 9.79. The monoisotopic (exact) mass is 931 g/mol. The Balaban J connectivity index is 0.000000248. The maximum absolute atomic E-state index is 7.23. The molecule has 0 saturated heterocycles. The van der Waals surface area contributed by atoms with E-state index in [4.69, 9.17) is 9.10 Å². The summed E-state index contributed by atoms with van der Waals surface area (Å²) >= 11 is 1.67. The quantitative estimate of drug-likeness (QED) is 0.149. The van der Waals surface area contributed by atoms with Crippen LogP contribution in [0.3, 0.4) is 0 Å². The summed E-state index contributed by atoms with van der Waals surface area (Å²) in [7, 11) is 0. The number of rotatable bonds is 7. The smallest absolute Gasteiger partial charge is 0.0774 e. The predicted octanol–water partition coefficient (Wildman–Crippen LogP) is 13.5. The van der Waals surface area contributed by atoms with E-state index < -0.39 is 6.85 Å². The molecule has 10 rings (SSSR count). The van der Waals surface area contributed by atoms with Gasteiger partial charge in [-0.05, 0) is 53.4 Å². The van der Waals surface area contributed by atoms with Gasteiger partial charge in [0, 0.05) is 41.5 Å². The fraction of sp³-hybridized carbons (Fsp3) is 0.0385. The van der Waals surface area contributed by atoms with Crippen LogP contribution < -0.4 is 0 Å². The zero-order valence-corrected chi connectivity index (χ0v) is 34.0. The number of pyridine rings is 1. The fourth-order valence-corrected chi connectivity index (χ4v) is 8.04. The largest absolute Gasteiger partial charge is 0.332 e. The number of hydrogen-bond donors (Lipinski definition) is 0. The summed E-state index contributed by atoms with van der Waals surface area (Å²) < 4.78 is 25.3. The second-order valence-electron chi connectivity index (χ2n) is 13.5. The Morgan fingerprint density at radius 2 is 1.33 bits per heavy atom. The van der Waals surface area contributed by atoms with E-state index in [1.807, 2.05) is 18.2 Å². The first-order valence-electron chi connectivity index (χ1n) is 20.0. The normalized spacial score (nSPS) is 11.8. The van der Waals surface area contributed by atoms with Gasteiger partial charge < -0.3 is 9.55 Å². The molecule has 0 aliphatic rings. The van der Waals surface area contributed by atoms with Crippen LogP contribution >= 0.6 is 11.3 Å². The van der Waals surface area contributed by atoms with Crippen molar-refractivity contribution in [3.05, 3.63) is 222 Å². The molecule has 0 atom stereocenters. The maximum atomic E-state index is 7.23. The number of benzene rings is 7. The minimum atomic E-state index is -2.09. The van der Waals surface area contributed by atoms with Gasteiger partial charge in [-0.2, -0.15) is 0 Å². The van der Waals surface area contributed by atoms with Crippen molar-refractivity contribution < 1.29 is 24.2 Å². The molecular formula is C52H37IrN3S-2. The first kappa shape index (κ1) is 34.1. The van der Waals surface area contributed by atoms with Crippen LogP contribution in [0.4, 0.5) is 0 Å². The summed E-state index contributed by atoms with van der Waals surface area (Å²) in [5.41, 5.74) is 13.3. The molecule has 277 valence electrons. The van der Waals surface area contributed by atoms with Crippen LogP contribution in [0.5, 0.6) is 0 Å². The van der Waals surface area contributed by atoms with Crippen LogP contribution in [0.2, 0.25) is 0 Å². The predicted molar refractivity (Wildman–Crippen MR) is 234 cm³/mol. The first-order valence-corrected chi connectivity index (χ1v) is 19.3. The Hall–Kier alpha value is -6.23. The van der Waals surface area contributed by atoms with Gasteiger partial charge in [0.05, 0.1) is 22.5 Å². The summed E-state index contributed by atoms with van der Waals surface area (Å²) in [6, 6.07) is 67.6. The molecule has 0 fully saturated rings. The molecule has 57 heavy (non-hydrogen) atoms. The van der Waals surface area contributed by atoms with Gasteiger partial charge in [0.1, 0.15) is 0 Å². The molecule has 3 aromatic heterocycles. The molecule has 3 heterocycles. The van der Waals surface area contributed by atoms with E-state index in [0.717, 1.165) is 56.9 Å². The second-order valence-corrected chi connectivity index (χ2v) is 14.3. The molecule has 10 aromatic rings. The summed E-state index contributed by atoms with van der Waals surface area (Å²) in [4.78, 5) is 9.40. The van der Waals surface area contributed by atoms with Gasteiger partial charge in [0.25, 0.3) is 0 Å². The van der Waals surface area contributed by atoms with Gasteiger partial charge in [0.2, 0.25) is 0 Å². The zero-order valence-electron chi connectivity index (χ0n) is 33.8. The molecule has 0 N–H and O–H groups in total. The van der Waals surface area contributed by atoms with Gasteiger partial charge in [-0.1, -0.05) is 167 Å². The van der Waals surface area contributed by atoms with Crippen LogP contribution in [-0.4, -0.2) is 14.5 Å². The van der Waals surface area contributed by atoms with Crippen molar-refractivity contribution in [2.24, 2.45) is 0 Å². The first-order chi connectivity index (χ1) is 28.9. The van der Waals surface area contributed by atoms with Crippen molar-refractivity contribution in [2.45, 2.75) is 13.3 Å². The number of fused-ring (bicyclic) bond motifs is 2. The van der Waals surface area contributed by atoms with Crippen molar-refractivity contribution in [1.82, 2.24) is 14.5 Å². The van der Waals surface area contributed by atoms with E-state index in [0.29, 0.717) is 0 Å². The fourth-order valence-electron chi connectivity index (χ4n) is 7.14. The Bertz CT molecular complexity index is 2930. The van der Waals surface area contributed by atoms with Crippen LogP contribution in [0.15, 0.2) is 194 Å². The number of thiophene rings is 1. The Morgan fingerprint density at radius 3 is 2.00 bits per heavy atom. The third-order valence-corrected chi connectivity index (χ3v) is 10.7. The van der Waals surface area contributed by atoms with Crippen LogP contribution in [0.25, 0.3) is 71.7 Å². The molecule has 0 aliphatic heterocycles. The van der Waals surface area contributed by atoms with Crippen molar-refractivity contribution in [3.8, 4) is 50.6 Å². The molecule has 0 spiro atoms. The zero-order chi connectivity index (χ0) is 40.2. The Labute approximate surface area is 355 Å². The third kappa shape index (κ3) is 8.05. The van der Waals surface area contributed by atoms with Crippen molar-refractivity contribution in [2.75, 3.05) is 0 Å². The van der Waals surface area contributed by atoms with Crippen molar-refractivity contribution in [1.29, 1.82) is 0 Å². The van der Waals surface area contributed by atoms with E-state index in [-0.39, 0.29) is 25.7 Å². The SMILES string of the molecule is [2H]C([2H])([2H])c1ccc(-c2[c-]cccc2)nc1.[Ir].[c-]1sc2cc(Cc3ccccc3)ccc2c1-c1nc2ccccc2n1-c1c(-c2ccccc2)cccc1-c1ccccc1. The van der Waals surface area contributed by atoms with Gasteiger partial charge in [-0.15, -0.1) is 47.3 Å². The molecule has 0 bridgehead atoms. The number of aryl methyl sites for hydroxylation is 1. The average molecular weight is 931 g/mol. The van der Waals surface area contributed by atoms with Gasteiger partial charge >= 0.3 is 0 Å². The Morgan fingerprint density at radius 1 is 0.649 bits per heavy atom. The number of aromatic nitrogens is 3. The number of imidazole rings is 1. The summed E-state index contributed by atoms with van der Waals surface area (Å²) in [5, 5.41) is 4.85. The number of nitrogens with zero attached hydrogens (tertiary/aromatic N) is 3. The second kappa shape index (κ2) is 17.3. The van der Waals surface area contributed by atoms with Crippen LogP contribution in [0, 0.1) is 18.3 Å². The van der Waals surface area contributed by atoms with Gasteiger partial charge in [-0.3, -0.25) is 16.3 Å². The topological polar surface area (TPSA) is 30.7 Å². The molecule has 5 heteroatoms. The molecule has 7 aromatic carbocycles. The molecule has 0 saturated carbocycles. The van der Waals surface area contributed by atoms with E-state index in [1.54, 1.807) is 29.5 Å². The van der Waals surface area contributed by atoms with Gasteiger partial charge in [0.15, 0.2) is 0 Å². The minimum Gasteiger partial charge on any atom is -0.332 e. The van der Waals surface area contributed by atoms with E-state index >= 15 is 0 Å². The van der Waals surface area contributed by atoms with E-state index in [1.165, 1.54) is 38.5 Å². The molecule has 0 amide bonds. The summed E-state index contributed by atoms with van der Waals surface area (Å²) in [6.45, 7) is -2.09. The van der Waals surface area contributed by atoms with E-state index in [9.17, 15) is 0 Å². The molecule has 0 aliphatic carbocycles. The summed E-state index contributed by atoms with van der Waals surface area (Å²) in [6.07, 6.45) is 2.30. The summed E-state index contributed by atoms with van der Waals surface area (Å²) in [5.74, 6) is 0.906. The Kier molecular flexibility index (Phi) is 10.3. The standard InChI is InChI=1S/C40H27N2S.C12H10N.Ir/c1-4-13-28(14-5-1)25-29-23-24-34-35(27-43-38(34)26-29)40-41-36-21-10-11-22-37(36)42(40)39-32(30-15-6-2-7-16-30)19-12-20-33(39)31-17-8-3-9-18-31;1-10-7-8-12(13-9-10)11-5-3-2-4-6-11;/h1-24,26H,25H2;2-5,7-9H,1H3;/q2*-1;/i;1D3;. The number of para-hydroxylation sites is 3. The van der Waals surface area contributed by atoms with Crippen molar-refractivity contribution in [3.63, 3.8) is 0 Å².